The third-order valence-electron chi connectivity index (χ3n) is 5.06. The Balaban J connectivity index is 1.41. The lowest BCUT2D eigenvalue weighted by Crippen LogP contribution is -2.23. The minimum atomic E-state index is -0.653. The lowest BCUT2D eigenvalue weighted by molar-refractivity contribution is -0.116. The molecule has 0 fully saturated rings. The van der Waals surface area contributed by atoms with Gasteiger partial charge in [-0.1, -0.05) is 0 Å². The van der Waals surface area contributed by atoms with Gasteiger partial charge in [-0.15, -0.1) is 0 Å². The molecular weight excluding hydrogens is 342 g/mol. The van der Waals surface area contributed by atoms with Crippen molar-refractivity contribution in [1.82, 2.24) is 9.55 Å². The zero-order chi connectivity index (χ0) is 19.0. The van der Waals surface area contributed by atoms with Crippen LogP contribution >= 0.6 is 0 Å². The van der Waals surface area contributed by atoms with E-state index in [4.69, 9.17) is 4.74 Å². The number of carbonyl (C=O) groups is 1. The van der Waals surface area contributed by atoms with Crippen LogP contribution in [0.5, 0.6) is 5.75 Å². The maximum atomic E-state index is 11.4. The van der Waals surface area contributed by atoms with E-state index in [0.29, 0.717) is 25.1 Å². The van der Waals surface area contributed by atoms with Crippen LogP contribution < -0.4 is 10.1 Å². The minimum Gasteiger partial charge on any atom is -0.491 e. The number of rotatable bonds is 5. The van der Waals surface area contributed by atoms with Crippen LogP contribution in [0.25, 0.3) is 11.0 Å². The van der Waals surface area contributed by atoms with E-state index in [-0.39, 0.29) is 12.5 Å². The van der Waals surface area contributed by atoms with Crippen molar-refractivity contribution in [3.8, 4) is 5.75 Å². The molecule has 0 saturated carbocycles. The first-order valence-electron chi connectivity index (χ1n) is 9.15. The second-order valence-corrected chi connectivity index (χ2v) is 7.15. The van der Waals surface area contributed by atoms with E-state index in [1.165, 1.54) is 11.1 Å². The highest BCUT2D eigenvalue weighted by molar-refractivity contribution is 5.94. The zero-order valence-corrected chi connectivity index (χ0v) is 15.5. The lowest BCUT2D eigenvalue weighted by atomic mass is 10.0. The second-order valence-electron chi connectivity index (χ2n) is 7.15. The Morgan fingerprint density at radius 3 is 2.89 bits per heavy atom. The van der Waals surface area contributed by atoms with Gasteiger partial charge in [-0.3, -0.25) is 4.79 Å². The van der Waals surface area contributed by atoms with E-state index in [9.17, 15) is 9.90 Å². The third-order valence-corrected chi connectivity index (χ3v) is 5.06. The summed E-state index contributed by atoms with van der Waals surface area (Å²) in [7, 11) is 0. The van der Waals surface area contributed by atoms with Gasteiger partial charge in [-0.25, -0.2) is 4.98 Å². The molecule has 27 heavy (non-hydrogen) atoms. The number of aryl methyl sites for hydroxylation is 3. The van der Waals surface area contributed by atoms with Crippen molar-refractivity contribution in [3.05, 3.63) is 53.3 Å². The van der Waals surface area contributed by atoms with E-state index >= 15 is 0 Å². The van der Waals surface area contributed by atoms with Crippen molar-refractivity contribution in [2.75, 3.05) is 11.9 Å². The number of aromatic nitrogens is 2. The van der Waals surface area contributed by atoms with Gasteiger partial charge in [0, 0.05) is 12.1 Å². The molecule has 1 aliphatic heterocycles. The second kappa shape index (κ2) is 7.04. The monoisotopic (exact) mass is 365 g/mol. The molecule has 1 amide bonds. The highest BCUT2D eigenvalue weighted by Gasteiger charge is 2.16. The Hall–Kier alpha value is -2.86. The number of nitrogens with one attached hydrogen (secondary N) is 1. The summed E-state index contributed by atoms with van der Waals surface area (Å²) in [5.74, 6) is 0.746. The SMILES string of the molecule is Cc1cc2ncn(CC(O)COc3ccc4c(c3)CCC(=O)N4)c2cc1C. The number of fused-ring (bicyclic) bond motifs is 2. The van der Waals surface area contributed by atoms with Crippen LogP contribution in [-0.4, -0.2) is 33.3 Å². The molecule has 1 aliphatic rings. The number of ether oxygens (including phenoxy) is 1. The molecule has 0 radical (unpaired) electrons. The predicted octanol–water partition coefficient (Wildman–Crippen LogP) is 2.98. The van der Waals surface area contributed by atoms with Crippen molar-refractivity contribution in [2.45, 2.75) is 39.3 Å². The van der Waals surface area contributed by atoms with Crippen LogP contribution in [0.2, 0.25) is 0 Å². The summed E-state index contributed by atoms with van der Waals surface area (Å²) < 4.78 is 7.72. The minimum absolute atomic E-state index is 0.0459. The molecule has 0 bridgehead atoms. The number of aliphatic hydroxyl groups is 1. The molecular formula is C21H23N3O3. The molecule has 0 spiro atoms. The predicted molar refractivity (Wildman–Crippen MR) is 104 cm³/mol. The van der Waals surface area contributed by atoms with E-state index in [0.717, 1.165) is 22.3 Å². The molecule has 0 aliphatic carbocycles. The fourth-order valence-electron chi connectivity index (χ4n) is 3.38. The number of imidazole rings is 1. The average Bonchev–Trinajstić information content (AvgIpc) is 3.02. The summed E-state index contributed by atoms with van der Waals surface area (Å²) in [6.45, 7) is 4.75. The zero-order valence-electron chi connectivity index (χ0n) is 15.5. The fraction of sp³-hybridized carbons (Fsp3) is 0.333. The number of carbonyl (C=O) groups excluding carboxylic acids is 1. The van der Waals surface area contributed by atoms with E-state index in [1.54, 1.807) is 6.33 Å². The summed E-state index contributed by atoms with van der Waals surface area (Å²) in [5, 5.41) is 13.3. The molecule has 6 heteroatoms. The Kier molecular flexibility index (Phi) is 4.58. The van der Waals surface area contributed by atoms with Crippen molar-refractivity contribution in [1.29, 1.82) is 0 Å². The highest BCUT2D eigenvalue weighted by Crippen LogP contribution is 2.27. The number of nitrogens with zero attached hydrogens (tertiary/aromatic N) is 2. The number of amides is 1. The van der Waals surface area contributed by atoms with Crippen LogP contribution in [0.15, 0.2) is 36.7 Å². The van der Waals surface area contributed by atoms with Crippen LogP contribution in [0.1, 0.15) is 23.1 Å². The summed E-state index contributed by atoms with van der Waals surface area (Å²) in [5.41, 5.74) is 6.27. The highest BCUT2D eigenvalue weighted by atomic mass is 16.5. The van der Waals surface area contributed by atoms with Crippen LogP contribution in [0.3, 0.4) is 0 Å². The molecule has 2 N–H and O–H groups in total. The molecule has 2 aromatic carbocycles. The summed E-state index contributed by atoms with van der Waals surface area (Å²) in [6, 6.07) is 9.76. The molecule has 6 nitrogen and oxygen atoms in total. The largest absolute Gasteiger partial charge is 0.491 e. The summed E-state index contributed by atoms with van der Waals surface area (Å²) in [6.07, 6.45) is 2.31. The van der Waals surface area contributed by atoms with E-state index in [2.05, 4.69) is 36.3 Å². The van der Waals surface area contributed by atoms with Gasteiger partial charge in [0.05, 0.1) is 23.9 Å². The molecule has 1 unspecified atom stereocenters. The van der Waals surface area contributed by atoms with Gasteiger partial charge in [0.25, 0.3) is 0 Å². The number of hydrogen-bond acceptors (Lipinski definition) is 4. The van der Waals surface area contributed by atoms with Crippen molar-refractivity contribution in [3.63, 3.8) is 0 Å². The standard InChI is InChI=1S/C21H23N3O3/c1-13-7-19-20(8-14(13)2)24(12-22-19)10-16(25)11-27-17-4-5-18-15(9-17)3-6-21(26)23-18/h4-5,7-9,12,16,25H,3,6,10-11H2,1-2H3,(H,23,26). The van der Waals surface area contributed by atoms with Crippen LogP contribution in [0, 0.1) is 13.8 Å². The van der Waals surface area contributed by atoms with Gasteiger partial charge in [0.2, 0.25) is 5.91 Å². The number of benzene rings is 2. The molecule has 140 valence electrons. The topological polar surface area (TPSA) is 76.4 Å². The Labute approximate surface area is 157 Å². The first kappa shape index (κ1) is 17.5. The Morgan fingerprint density at radius 2 is 2.04 bits per heavy atom. The summed E-state index contributed by atoms with van der Waals surface area (Å²) in [4.78, 5) is 15.8. The molecule has 1 atom stereocenters. The van der Waals surface area contributed by atoms with E-state index in [1.807, 2.05) is 22.8 Å². The van der Waals surface area contributed by atoms with E-state index < -0.39 is 6.10 Å². The smallest absolute Gasteiger partial charge is 0.224 e. The van der Waals surface area contributed by atoms with Crippen molar-refractivity contribution >= 4 is 22.6 Å². The van der Waals surface area contributed by atoms with Gasteiger partial charge in [-0.2, -0.15) is 0 Å². The number of hydrogen-bond donors (Lipinski definition) is 2. The third kappa shape index (κ3) is 3.66. The first-order valence-corrected chi connectivity index (χ1v) is 9.15. The molecule has 2 heterocycles. The summed E-state index contributed by atoms with van der Waals surface area (Å²) >= 11 is 0. The number of aliphatic hydroxyl groups excluding tert-OH is 1. The molecule has 1 aromatic heterocycles. The quantitative estimate of drug-likeness (QED) is 0.729. The number of anilines is 1. The normalized spacial score (nSPS) is 14.7. The van der Waals surface area contributed by atoms with Crippen LogP contribution in [-0.2, 0) is 17.8 Å². The van der Waals surface area contributed by atoms with Crippen molar-refractivity contribution in [2.24, 2.45) is 0 Å². The lowest BCUT2D eigenvalue weighted by Gasteiger charge is -2.18. The van der Waals surface area contributed by atoms with Crippen LogP contribution in [0.4, 0.5) is 5.69 Å². The molecule has 3 aromatic rings. The van der Waals surface area contributed by atoms with Gasteiger partial charge >= 0.3 is 0 Å². The molecule has 0 saturated heterocycles. The fourth-order valence-corrected chi connectivity index (χ4v) is 3.38. The average molecular weight is 365 g/mol. The maximum absolute atomic E-state index is 11.4. The van der Waals surface area contributed by atoms with Gasteiger partial charge in [0.1, 0.15) is 18.5 Å². The van der Waals surface area contributed by atoms with Gasteiger partial charge in [0.15, 0.2) is 0 Å². The van der Waals surface area contributed by atoms with Gasteiger partial charge < -0.3 is 19.7 Å². The molecule has 4 rings (SSSR count). The Morgan fingerprint density at radius 1 is 1.22 bits per heavy atom. The maximum Gasteiger partial charge on any atom is 0.224 e. The Bertz CT molecular complexity index is 1010. The van der Waals surface area contributed by atoms with Crippen molar-refractivity contribution < 1.29 is 14.6 Å². The van der Waals surface area contributed by atoms with Gasteiger partial charge in [-0.05, 0) is 67.3 Å². The first-order chi connectivity index (χ1) is 13.0.